The van der Waals surface area contributed by atoms with E-state index in [0.717, 1.165) is 44.2 Å². The van der Waals surface area contributed by atoms with Gasteiger partial charge < -0.3 is 14.4 Å². The van der Waals surface area contributed by atoms with Gasteiger partial charge >= 0.3 is 13.8 Å². The number of phosphoric ester groups is 1. The van der Waals surface area contributed by atoms with Crippen molar-refractivity contribution in [3.05, 3.63) is 35.9 Å². The molecule has 0 radical (unpaired) electrons. The van der Waals surface area contributed by atoms with Crippen molar-refractivity contribution in [2.45, 2.75) is 154 Å². The van der Waals surface area contributed by atoms with E-state index in [-0.39, 0.29) is 18.8 Å². The van der Waals surface area contributed by atoms with Crippen molar-refractivity contribution in [3.63, 3.8) is 0 Å². The van der Waals surface area contributed by atoms with Gasteiger partial charge in [-0.2, -0.15) is 0 Å². The molecule has 2 fully saturated rings. The zero-order chi connectivity index (χ0) is 32.6. The fraction of sp³-hybridized carbons (Fsp3) is 0.806. The summed E-state index contributed by atoms with van der Waals surface area (Å²) in [6.45, 7) is 9.02. The summed E-state index contributed by atoms with van der Waals surface area (Å²) in [4.78, 5) is 24.9. The highest BCUT2D eigenvalue weighted by atomic mass is 31.2. The van der Waals surface area contributed by atoms with Gasteiger partial charge in [-0.3, -0.25) is 18.7 Å². The summed E-state index contributed by atoms with van der Waals surface area (Å²) >= 11 is 0. The molecule has 2 heterocycles. The van der Waals surface area contributed by atoms with Gasteiger partial charge in [0.15, 0.2) is 5.72 Å². The first-order valence-electron chi connectivity index (χ1n) is 18.0. The number of fused-ring (bicyclic) bond motifs is 1. The normalized spacial score (nSPS) is 25.9. The topological polar surface area (TPSA) is 94.3 Å². The first kappa shape index (κ1) is 38.2. The Labute approximate surface area is 273 Å². The average molecular weight is 652 g/mol. The maximum absolute atomic E-state index is 13.4. The van der Waals surface area contributed by atoms with E-state index in [1.165, 1.54) is 84.0 Å². The van der Waals surface area contributed by atoms with Crippen LogP contribution in [0.5, 0.6) is 0 Å². The molecule has 6 atom stereocenters. The second-order valence-electron chi connectivity index (χ2n) is 13.1. The van der Waals surface area contributed by atoms with E-state index >= 15 is 0 Å². The Morgan fingerprint density at radius 2 is 1.49 bits per heavy atom. The molecular formula is C36H62NO7P. The van der Waals surface area contributed by atoms with Gasteiger partial charge in [0.1, 0.15) is 6.10 Å². The van der Waals surface area contributed by atoms with E-state index in [2.05, 4.69) is 25.7 Å². The fourth-order valence-electron chi connectivity index (χ4n) is 7.69. The molecule has 0 spiro atoms. The summed E-state index contributed by atoms with van der Waals surface area (Å²) < 4.78 is 36.2. The lowest BCUT2D eigenvalue weighted by Crippen LogP contribution is -2.34. The highest BCUT2D eigenvalue weighted by Gasteiger charge is 2.82. The van der Waals surface area contributed by atoms with Gasteiger partial charge in [0.05, 0.1) is 18.8 Å². The Kier molecular flexibility index (Phi) is 16.6. The summed E-state index contributed by atoms with van der Waals surface area (Å²) in [7, 11) is -4.53. The van der Waals surface area contributed by atoms with E-state index in [4.69, 9.17) is 18.5 Å². The molecule has 6 unspecified atom stereocenters. The lowest BCUT2D eigenvalue weighted by molar-refractivity contribution is -0.152. The molecular weight excluding hydrogens is 589 g/mol. The molecule has 9 heteroatoms. The van der Waals surface area contributed by atoms with Crippen LogP contribution in [0, 0.1) is 5.92 Å². The number of carbonyl (C=O) groups is 1. The molecule has 0 aromatic heterocycles. The summed E-state index contributed by atoms with van der Waals surface area (Å²) in [5, 5.41) is 0. The molecule has 2 aliphatic rings. The van der Waals surface area contributed by atoms with Gasteiger partial charge in [-0.15, -0.1) is 0 Å². The van der Waals surface area contributed by atoms with Crippen molar-refractivity contribution < 1.29 is 32.8 Å². The van der Waals surface area contributed by atoms with Crippen LogP contribution in [0.15, 0.2) is 30.3 Å². The standard InChI is InChI=1S/C36H62NO7P/c1-5-8-9-10-11-12-13-14-15-16-17-18-19-23-28-41-29-34(43-31(4)38)30-42-45(39,40)44-36(33-24-21-20-22-25-33)35(7-3)32(6-2)26-27-37(35)36/h20-22,24-25,32,34H,5-19,23,26-30H2,1-4H3,(H,39,40). The van der Waals surface area contributed by atoms with Crippen LogP contribution < -0.4 is 0 Å². The molecule has 1 N–H and O–H groups in total. The van der Waals surface area contributed by atoms with Crippen LogP contribution in [0.2, 0.25) is 0 Å². The number of unbranched alkanes of at least 4 members (excludes halogenated alkanes) is 13. The van der Waals surface area contributed by atoms with Crippen molar-refractivity contribution in [3.8, 4) is 0 Å². The zero-order valence-electron chi connectivity index (χ0n) is 28.7. The maximum Gasteiger partial charge on any atom is 0.474 e. The number of phosphoric acid groups is 1. The zero-order valence-corrected chi connectivity index (χ0v) is 29.6. The highest BCUT2D eigenvalue weighted by Crippen LogP contribution is 2.73. The Balaban J connectivity index is 1.37. The minimum atomic E-state index is -4.53. The number of rotatable bonds is 26. The minimum Gasteiger partial charge on any atom is -0.458 e. The maximum atomic E-state index is 13.4. The van der Waals surface area contributed by atoms with Gasteiger partial charge in [0, 0.05) is 25.6 Å². The molecule has 3 rings (SSSR count). The van der Waals surface area contributed by atoms with Gasteiger partial charge in [0.25, 0.3) is 0 Å². The minimum absolute atomic E-state index is 0.102. The first-order valence-corrected chi connectivity index (χ1v) is 19.5. The fourth-order valence-corrected chi connectivity index (χ4v) is 8.79. The summed E-state index contributed by atoms with van der Waals surface area (Å²) in [5.74, 6) is -0.142. The SMILES string of the molecule is CCCCCCCCCCCCCCCCOCC(COP(=O)(O)OC1(c2ccccc2)N2CCC(CC)C21CC)OC(C)=O. The Morgan fingerprint density at radius 3 is 2.02 bits per heavy atom. The van der Waals surface area contributed by atoms with Gasteiger partial charge in [0.2, 0.25) is 0 Å². The van der Waals surface area contributed by atoms with Gasteiger partial charge in [-0.1, -0.05) is 141 Å². The lowest BCUT2D eigenvalue weighted by atomic mass is 9.80. The second kappa shape index (κ2) is 19.5. The molecule has 2 aliphatic heterocycles. The number of nitrogens with zero attached hydrogens (tertiary/aromatic N) is 1. The summed E-state index contributed by atoms with van der Waals surface area (Å²) in [6.07, 6.45) is 20.1. The molecule has 8 nitrogen and oxygen atoms in total. The van der Waals surface area contributed by atoms with Crippen molar-refractivity contribution in [2.75, 3.05) is 26.4 Å². The van der Waals surface area contributed by atoms with E-state index in [9.17, 15) is 14.3 Å². The van der Waals surface area contributed by atoms with E-state index in [0.29, 0.717) is 12.5 Å². The third-order valence-corrected chi connectivity index (χ3v) is 10.9. The molecule has 2 saturated heterocycles. The monoisotopic (exact) mass is 651 g/mol. The highest BCUT2D eigenvalue weighted by molar-refractivity contribution is 7.47. The Bertz CT molecular complexity index is 1030. The van der Waals surface area contributed by atoms with E-state index in [1.807, 2.05) is 30.3 Å². The summed E-state index contributed by atoms with van der Waals surface area (Å²) in [5.41, 5.74) is -0.513. The quantitative estimate of drug-likeness (QED) is 0.0458. The molecule has 1 aromatic carbocycles. The molecule has 0 bridgehead atoms. The molecule has 45 heavy (non-hydrogen) atoms. The van der Waals surface area contributed by atoms with Crippen LogP contribution in [0.3, 0.4) is 0 Å². The third kappa shape index (κ3) is 10.6. The number of esters is 1. The number of benzene rings is 1. The van der Waals surface area contributed by atoms with E-state index in [1.54, 1.807) is 0 Å². The molecule has 0 saturated carbocycles. The van der Waals surface area contributed by atoms with Crippen molar-refractivity contribution >= 4 is 13.8 Å². The van der Waals surface area contributed by atoms with Gasteiger partial charge in [-0.25, -0.2) is 4.57 Å². The predicted molar refractivity (Wildman–Crippen MR) is 180 cm³/mol. The van der Waals surface area contributed by atoms with Crippen LogP contribution in [0.25, 0.3) is 0 Å². The van der Waals surface area contributed by atoms with Crippen LogP contribution in [0.4, 0.5) is 0 Å². The van der Waals surface area contributed by atoms with Crippen molar-refractivity contribution in [1.82, 2.24) is 4.90 Å². The largest absolute Gasteiger partial charge is 0.474 e. The number of piperidine rings is 1. The van der Waals surface area contributed by atoms with Gasteiger partial charge in [-0.05, 0) is 25.2 Å². The molecule has 0 aliphatic carbocycles. The van der Waals surface area contributed by atoms with Crippen LogP contribution >= 0.6 is 7.82 Å². The predicted octanol–water partition coefficient (Wildman–Crippen LogP) is 9.30. The van der Waals surface area contributed by atoms with Crippen LogP contribution in [0.1, 0.15) is 142 Å². The third-order valence-electron chi connectivity index (χ3n) is 9.92. The first-order chi connectivity index (χ1) is 21.8. The molecule has 258 valence electrons. The Hall–Kier alpha value is -1.28. The Morgan fingerprint density at radius 1 is 0.911 bits per heavy atom. The number of carbonyl (C=O) groups excluding carboxylic acids is 1. The van der Waals surface area contributed by atoms with Crippen molar-refractivity contribution in [1.29, 1.82) is 0 Å². The van der Waals surface area contributed by atoms with Crippen LogP contribution in [-0.4, -0.2) is 53.8 Å². The smallest absolute Gasteiger partial charge is 0.458 e. The number of hydrogen-bond acceptors (Lipinski definition) is 7. The average Bonchev–Trinajstić information content (AvgIpc) is 3.37. The summed E-state index contributed by atoms with van der Waals surface area (Å²) in [6, 6.07) is 9.69. The van der Waals surface area contributed by atoms with E-state index < -0.39 is 25.6 Å². The lowest BCUT2D eigenvalue weighted by Gasteiger charge is -2.30. The number of ether oxygens (including phenoxy) is 2. The number of hydrogen-bond donors (Lipinski definition) is 1. The second-order valence-corrected chi connectivity index (χ2v) is 14.5. The molecule has 1 aromatic rings. The van der Waals surface area contributed by atoms with Crippen LogP contribution in [-0.2, 0) is 33.6 Å². The molecule has 0 amide bonds. The van der Waals surface area contributed by atoms with Crippen molar-refractivity contribution in [2.24, 2.45) is 5.92 Å².